The van der Waals surface area contributed by atoms with Gasteiger partial charge >= 0.3 is 11.9 Å². The molecule has 0 saturated heterocycles. The summed E-state index contributed by atoms with van der Waals surface area (Å²) in [5, 5.41) is 15.8. The van der Waals surface area contributed by atoms with Crippen molar-refractivity contribution in [1.29, 1.82) is 0 Å². The summed E-state index contributed by atoms with van der Waals surface area (Å²) in [5.41, 5.74) is 0. The Bertz CT molecular complexity index is 109. The Labute approximate surface area is 67.5 Å². The summed E-state index contributed by atoms with van der Waals surface area (Å²) in [6.07, 6.45) is 0. The van der Waals surface area contributed by atoms with Crippen LogP contribution in [0.2, 0.25) is 0 Å². The zero-order valence-electron chi connectivity index (χ0n) is 4.89. The van der Waals surface area contributed by atoms with Gasteiger partial charge in [0.05, 0.1) is 0 Å². The second kappa shape index (κ2) is 6.54. The van der Waals surface area contributed by atoms with Crippen LogP contribution < -0.4 is 0 Å². The Morgan fingerprint density at radius 3 is 1.60 bits per heavy atom. The van der Waals surface area contributed by atoms with Crippen LogP contribution in [0.4, 0.5) is 0 Å². The van der Waals surface area contributed by atoms with Crippen molar-refractivity contribution in [3.63, 3.8) is 0 Å². The van der Waals surface area contributed by atoms with Crippen molar-refractivity contribution in [3.8, 4) is 0 Å². The fourth-order valence-electron chi connectivity index (χ4n) is 0.226. The number of carboxylic acids is 2. The summed E-state index contributed by atoms with van der Waals surface area (Å²) in [6.45, 7) is -1.13. The average molecular weight is 190 g/mol. The van der Waals surface area contributed by atoms with Crippen molar-refractivity contribution >= 4 is 11.9 Å². The third-order valence-electron chi connectivity index (χ3n) is 0.451. The molecular weight excluding hydrogens is 184 g/mol. The maximum atomic E-state index is 9.66. The van der Waals surface area contributed by atoms with Gasteiger partial charge in [-0.3, -0.25) is 0 Å². The smallest absolute Gasteiger partial charge is 0.329 e. The van der Waals surface area contributed by atoms with E-state index in [-0.39, 0.29) is 17.1 Å². The quantitative estimate of drug-likeness (QED) is 0.565. The zero-order valence-corrected chi connectivity index (χ0v) is 5.99. The van der Waals surface area contributed by atoms with Crippen LogP contribution in [0.1, 0.15) is 0 Å². The molecule has 0 aliphatic heterocycles. The van der Waals surface area contributed by atoms with E-state index in [4.69, 9.17) is 10.2 Å². The summed E-state index contributed by atoms with van der Waals surface area (Å²) in [5.74, 6) is -2.34. The van der Waals surface area contributed by atoms with Crippen LogP contribution in [0.25, 0.3) is 0 Å². The van der Waals surface area contributed by atoms with Gasteiger partial charge in [0.25, 0.3) is 0 Å². The molecule has 5 nitrogen and oxygen atoms in total. The summed E-state index contributed by atoms with van der Waals surface area (Å²) in [4.78, 5) is 19.3. The first-order valence-electron chi connectivity index (χ1n) is 2.14. The minimum absolute atomic E-state index is 0. The molecule has 0 rings (SSSR count). The fraction of sp³-hybridized carbons (Fsp3) is 0.500. The van der Waals surface area contributed by atoms with Gasteiger partial charge in [0.15, 0.2) is 0 Å². The largest absolute Gasteiger partial charge is 0.480 e. The third kappa shape index (κ3) is 10.4. The molecule has 10 heavy (non-hydrogen) atoms. The first-order chi connectivity index (χ1) is 4.13. The summed E-state index contributed by atoms with van der Waals surface area (Å²) in [7, 11) is 0. The minimum Gasteiger partial charge on any atom is -0.480 e. The molecule has 0 saturated carbocycles. The van der Waals surface area contributed by atoms with Crippen LogP contribution in [0, 0.1) is 0 Å². The van der Waals surface area contributed by atoms with Crippen molar-refractivity contribution in [2.45, 2.75) is 0 Å². The van der Waals surface area contributed by atoms with E-state index in [0.717, 1.165) is 0 Å². The average Bonchev–Trinajstić information content (AvgIpc) is 1.63. The van der Waals surface area contributed by atoms with Gasteiger partial charge in [-0.1, -0.05) is 0 Å². The summed E-state index contributed by atoms with van der Waals surface area (Å²) >= 11 is 0. The number of hydrogen-bond acceptors (Lipinski definition) is 3. The van der Waals surface area contributed by atoms with Gasteiger partial charge < -0.3 is 14.9 Å². The number of carboxylic acid groups (broad SMARTS) is 2. The van der Waals surface area contributed by atoms with E-state index >= 15 is 0 Å². The van der Waals surface area contributed by atoms with Crippen molar-refractivity contribution < 1.29 is 41.6 Å². The molecule has 6 heteroatoms. The molecule has 0 atom stereocenters. The minimum atomic E-state index is -1.17. The Kier molecular flexibility index (Phi) is 7.93. The van der Waals surface area contributed by atoms with Crippen molar-refractivity contribution in [2.75, 3.05) is 13.2 Å². The van der Waals surface area contributed by atoms with Crippen molar-refractivity contribution in [1.82, 2.24) is 0 Å². The third-order valence-corrected chi connectivity index (χ3v) is 0.451. The van der Waals surface area contributed by atoms with Gasteiger partial charge in [0.1, 0.15) is 13.2 Å². The van der Waals surface area contributed by atoms with Crippen molar-refractivity contribution in [3.05, 3.63) is 0 Å². The fourth-order valence-corrected chi connectivity index (χ4v) is 0.226. The van der Waals surface area contributed by atoms with Gasteiger partial charge in [-0.25, -0.2) is 9.59 Å². The molecule has 0 fully saturated rings. The van der Waals surface area contributed by atoms with Crippen molar-refractivity contribution in [2.24, 2.45) is 0 Å². The van der Waals surface area contributed by atoms with E-state index in [9.17, 15) is 9.59 Å². The van der Waals surface area contributed by atoms with E-state index in [0.29, 0.717) is 0 Å². The molecule has 0 amide bonds. The number of aliphatic carboxylic acids is 2. The van der Waals surface area contributed by atoms with Gasteiger partial charge in [0.2, 0.25) is 0 Å². The Morgan fingerprint density at radius 1 is 1.10 bits per heavy atom. The van der Waals surface area contributed by atoms with E-state index < -0.39 is 25.2 Å². The van der Waals surface area contributed by atoms with Crippen LogP contribution in [0.3, 0.4) is 0 Å². The number of carbonyl (C=O) groups is 2. The first-order valence-corrected chi connectivity index (χ1v) is 2.14. The monoisotopic (exact) mass is 190 g/mol. The SMILES string of the molecule is O=C(O)COCC(=O)O.[Fe]. The predicted octanol–water partition coefficient (Wildman–Crippen LogP) is -0.830. The first kappa shape index (κ1) is 12.1. The van der Waals surface area contributed by atoms with Crippen LogP contribution in [0.15, 0.2) is 0 Å². The molecule has 0 aromatic heterocycles. The molecule has 0 aliphatic carbocycles. The number of hydrogen-bond donors (Lipinski definition) is 2. The Balaban J connectivity index is 0. The van der Waals surface area contributed by atoms with Gasteiger partial charge in [-0.2, -0.15) is 0 Å². The molecule has 60 valence electrons. The normalized spacial score (nSPS) is 8.00. The van der Waals surface area contributed by atoms with E-state index in [1.807, 2.05) is 0 Å². The maximum Gasteiger partial charge on any atom is 0.329 e. The van der Waals surface area contributed by atoms with E-state index in [2.05, 4.69) is 4.74 Å². The molecule has 0 aromatic rings. The van der Waals surface area contributed by atoms with Gasteiger partial charge in [-0.05, 0) is 0 Å². The standard InChI is InChI=1S/C4H6O5.Fe/c5-3(6)1-9-2-4(7)8;/h1-2H2,(H,5,6)(H,7,8);. The molecule has 2 N–H and O–H groups in total. The van der Waals surface area contributed by atoms with E-state index in [1.54, 1.807) is 0 Å². The molecule has 0 spiro atoms. The van der Waals surface area contributed by atoms with Crippen LogP contribution in [-0.4, -0.2) is 35.4 Å². The maximum absolute atomic E-state index is 9.66. The van der Waals surface area contributed by atoms with Gasteiger partial charge in [0, 0.05) is 17.1 Å². The van der Waals surface area contributed by atoms with E-state index in [1.165, 1.54) is 0 Å². The predicted molar refractivity (Wildman–Crippen MR) is 26.1 cm³/mol. The Morgan fingerprint density at radius 2 is 1.40 bits per heavy atom. The van der Waals surface area contributed by atoms with Crippen LogP contribution in [0.5, 0.6) is 0 Å². The second-order valence-electron chi connectivity index (χ2n) is 1.28. The topological polar surface area (TPSA) is 83.8 Å². The number of ether oxygens (including phenoxy) is 1. The molecule has 0 heterocycles. The Hall–Kier alpha value is -0.581. The molecule has 0 aliphatic rings. The van der Waals surface area contributed by atoms with Crippen LogP contribution >= 0.6 is 0 Å². The zero-order chi connectivity index (χ0) is 7.28. The van der Waals surface area contributed by atoms with Gasteiger partial charge in [-0.15, -0.1) is 0 Å². The number of rotatable bonds is 4. The molecule has 0 bridgehead atoms. The molecular formula is C4H6FeO5. The summed E-state index contributed by atoms with van der Waals surface area (Å²) < 4.78 is 4.16. The van der Waals surface area contributed by atoms with Crippen LogP contribution in [-0.2, 0) is 31.4 Å². The molecule has 0 radical (unpaired) electrons. The summed E-state index contributed by atoms with van der Waals surface area (Å²) in [6, 6.07) is 0. The molecule has 0 aromatic carbocycles. The second-order valence-corrected chi connectivity index (χ2v) is 1.28. The molecule has 0 unspecified atom stereocenters.